The number of hydrogen-bond donors (Lipinski definition) is 0. The first-order valence-electron chi connectivity index (χ1n) is 6.11. The van der Waals surface area contributed by atoms with Crippen LogP contribution in [0.15, 0.2) is 42.1 Å². The van der Waals surface area contributed by atoms with Gasteiger partial charge in [0.1, 0.15) is 0 Å². The molecule has 0 fully saturated rings. The number of hydrogen-bond acceptors (Lipinski definition) is 3. The number of rotatable bonds is 4. The maximum absolute atomic E-state index is 12.0. The van der Waals surface area contributed by atoms with Gasteiger partial charge in [0.25, 0.3) is 0 Å². The molecule has 4 nitrogen and oxygen atoms in total. The molecule has 1 aromatic carbocycles. The number of nitro groups is 1. The summed E-state index contributed by atoms with van der Waals surface area (Å²) in [4.78, 5) is 22.6. The van der Waals surface area contributed by atoms with E-state index in [9.17, 15) is 14.9 Å². The molecule has 94 valence electrons. The van der Waals surface area contributed by atoms with Crippen molar-refractivity contribution in [3.63, 3.8) is 0 Å². The number of nitrogens with zero attached hydrogens (tertiary/aromatic N) is 1. The molecule has 0 saturated carbocycles. The molecule has 1 aromatic rings. The molecule has 0 radical (unpaired) electrons. The van der Waals surface area contributed by atoms with E-state index in [0.29, 0.717) is 5.56 Å². The predicted molar refractivity (Wildman–Crippen MR) is 67.8 cm³/mol. The molecule has 1 aliphatic carbocycles. The highest BCUT2D eigenvalue weighted by Crippen LogP contribution is 2.29. The van der Waals surface area contributed by atoms with E-state index < -0.39 is 0 Å². The Hall–Kier alpha value is -1.97. The normalized spacial score (nSPS) is 19.1. The number of carbonyl (C=O) groups excluding carboxylic acids is 1. The number of allylic oxidation sites excluding steroid dienone is 2. The van der Waals surface area contributed by atoms with Crippen LogP contribution in [-0.2, 0) is 0 Å². The molecule has 0 amide bonds. The lowest BCUT2D eigenvalue weighted by Crippen LogP contribution is -2.18. The molecular formula is C14H15NO3. The van der Waals surface area contributed by atoms with Crippen LogP contribution in [0, 0.1) is 16.0 Å². The van der Waals surface area contributed by atoms with E-state index in [0.717, 1.165) is 19.3 Å². The van der Waals surface area contributed by atoms with Crippen LogP contribution in [0.5, 0.6) is 0 Å². The Morgan fingerprint density at radius 1 is 1.33 bits per heavy atom. The van der Waals surface area contributed by atoms with Crippen LogP contribution in [0.25, 0.3) is 0 Å². The lowest BCUT2D eigenvalue weighted by molar-refractivity contribution is -0.435. The summed E-state index contributed by atoms with van der Waals surface area (Å²) in [6.45, 7) is 0. The van der Waals surface area contributed by atoms with Crippen molar-refractivity contribution in [1.29, 1.82) is 0 Å². The van der Waals surface area contributed by atoms with Gasteiger partial charge in [0.2, 0.25) is 5.70 Å². The minimum Gasteiger partial charge on any atom is -0.294 e. The number of Topliss-reactive ketones (excluding diaryl/α,β-unsaturated/α-hetero) is 1. The summed E-state index contributed by atoms with van der Waals surface area (Å²) in [7, 11) is 0. The Bertz CT molecular complexity index is 479. The van der Waals surface area contributed by atoms with Crippen LogP contribution in [0.3, 0.4) is 0 Å². The molecule has 0 spiro atoms. The zero-order valence-electron chi connectivity index (χ0n) is 10.0. The molecule has 0 bridgehead atoms. The van der Waals surface area contributed by atoms with Gasteiger partial charge < -0.3 is 0 Å². The smallest absolute Gasteiger partial charge is 0.245 e. The quantitative estimate of drug-likeness (QED) is 0.465. The summed E-state index contributed by atoms with van der Waals surface area (Å²) in [5.41, 5.74) is 0.844. The molecule has 1 atom stereocenters. The summed E-state index contributed by atoms with van der Waals surface area (Å²) in [6.07, 6.45) is 4.28. The maximum atomic E-state index is 12.0. The lowest BCUT2D eigenvalue weighted by Gasteiger charge is -2.17. The zero-order chi connectivity index (χ0) is 13.0. The second-order valence-corrected chi connectivity index (χ2v) is 4.51. The molecule has 0 heterocycles. The van der Waals surface area contributed by atoms with Gasteiger partial charge in [-0.25, -0.2) is 0 Å². The van der Waals surface area contributed by atoms with Gasteiger partial charge in [-0.15, -0.1) is 0 Å². The summed E-state index contributed by atoms with van der Waals surface area (Å²) < 4.78 is 0. The van der Waals surface area contributed by atoms with E-state index in [1.165, 1.54) is 0 Å². The second-order valence-electron chi connectivity index (χ2n) is 4.51. The summed E-state index contributed by atoms with van der Waals surface area (Å²) in [6, 6.07) is 8.96. The minimum absolute atomic E-state index is 0.0183. The minimum atomic E-state index is -0.345. The average Bonchev–Trinajstić information content (AvgIpc) is 2.40. The Labute approximate surface area is 105 Å². The number of carbonyl (C=O) groups is 1. The highest BCUT2D eigenvalue weighted by atomic mass is 16.6. The van der Waals surface area contributed by atoms with E-state index >= 15 is 0 Å². The SMILES string of the molecule is O=C(CC1CCCC=C1[N+](=O)[O-])c1ccccc1. The van der Waals surface area contributed by atoms with Gasteiger partial charge in [-0.1, -0.05) is 30.3 Å². The van der Waals surface area contributed by atoms with Crippen molar-refractivity contribution in [2.75, 3.05) is 0 Å². The van der Waals surface area contributed by atoms with E-state index in [-0.39, 0.29) is 28.7 Å². The summed E-state index contributed by atoms with van der Waals surface area (Å²) in [5.74, 6) is -0.253. The molecule has 1 unspecified atom stereocenters. The van der Waals surface area contributed by atoms with E-state index in [2.05, 4.69) is 0 Å². The van der Waals surface area contributed by atoms with Crippen LogP contribution in [0.4, 0.5) is 0 Å². The van der Waals surface area contributed by atoms with Gasteiger partial charge in [0.05, 0.1) is 10.8 Å². The van der Waals surface area contributed by atoms with Crippen LogP contribution < -0.4 is 0 Å². The molecule has 0 N–H and O–H groups in total. The molecule has 1 aliphatic rings. The van der Waals surface area contributed by atoms with Crippen LogP contribution in [0.2, 0.25) is 0 Å². The molecule has 0 saturated heterocycles. The summed E-state index contributed by atoms with van der Waals surface area (Å²) in [5, 5.41) is 10.9. The van der Waals surface area contributed by atoms with Gasteiger partial charge in [0, 0.05) is 12.0 Å². The van der Waals surface area contributed by atoms with Gasteiger partial charge in [-0.05, 0) is 25.3 Å². The van der Waals surface area contributed by atoms with Crippen molar-refractivity contribution in [3.05, 3.63) is 57.8 Å². The first kappa shape index (κ1) is 12.5. The molecular weight excluding hydrogens is 230 g/mol. The Kier molecular flexibility index (Phi) is 3.87. The van der Waals surface area contributed by atoms with Gasteiger partial charge in [-0.3, -0.25) is 14.9 Å². The van der Waals surface area contributed by atoms with Crippen molar-refractivity contribution in [3.8, 4) is 0 Å². The van der Waals surface area contributed by atoms with Gasteiger partial charge >= 0.3 is 0 Å². The number of ketones is 1. The fraction of sp³-hybridized carbons (Fsp3) is 0.357. The topological polar surface area (TPSA) is 60.2 Å². The Balaban J connectivity index is 2.09. The lowest BCUT2D eigenvalue weighted by atomic mass is 9.87. The first-order valence-corrected chi connectivity index (χ1v) is 6.11. The third-order valence-electron chi connectivity index (χ3n) is 3.27. The largest absolute Gasteiger partial charge is 0.294 e. The van der Waals surface area contributed by atoms with Gasteiger partial charge in [-0.2, -0.15) is 0 Å². The number of benzene rings is 1. The highest BCUT2D eigenvalue weighted by Gasteiger charge is 2.29. The second kappa shape index (κ2) is 5.58. The Morgan fingerprint density at radius 2 is 2.06 bits per heavy atom. The monoisotopic (exact) mass is 245 g/mol. The van der Waals surface area contributed by atoms with E-state index in [1.54, 1.807) is 30.3 Å². The van der Waals surface area contributed by atoms with Crippen molar-refractivity contribution >= 4 is 5.78 Å². The van der Waals surface area contributed by atoms with Crippen LogP contribution in [-0.4, -0.2) is 10.7 Å². The molecule has 0 aliphatic heterocycles. The Morgan fingerprint density at radius 3 is 2.72 bits per heavy atom. The van der Waals surface area contributed by atoms with Crippen molar-refractivity contribution in [2.24, 2.45) is 5.92 Å². The fourth-order valence-electron chi connectivity index (χ4n) is 2.32. The maximum Gasteiger partial charge on any atom is 0.245 e. The van der Waals surface area contributed by atoms with Crippen molar-refractivity contribution in [2.45, 2.75) is 25.7 Å². The molecule has 4 heteroatoms. The standard InChI is InChI=1S/C14H15NO3/c16-14(11-6-2-1-3-7-11)10-12-8-4-5-9-13(12)15(17)18/h1-3,6-7,9,12H,4-5,8,10H2. The first-order chi connectivity index (χ1) is 8.68. The van der Waals surface area contributed by atoms with Crippen molar-refractivity contribution < 1.29 is 9.72 Å². The van der Waals surface area contributed by atoms with Crippen molar-refractivity contribution in [1.82, 2.24) is 0 Å². The van der Waals surface area contributed by atoms with Crippen LogP contribution >= 0.6 is 0 Å². The van der Waals surface area contributed by atoms with Gasteiger partial charge in [0.15, 0.2) is 5.78 Å². The fourth-order valence-corrected chi connectivity index (χ4v) is 2.32. The van der Waals surface area contributed by atoms with Crippen LogP contribution in [0.1, 0.15) is 36.0 Å². The predicted octanol–water partition coefficient (Wildman–Crippen LogP) is 3.22. The molecule has 18 heavy (non-hydrogen) atoms. The average molecular weight is 245 g/mol. The van der Waals surface area contributed by atoms with E-state index in [4.69, 9.17) is 0 Å². The molecule has 0 aromatic heterocycles. The van der Waals surface area contributed by atoms with E-state index in [1.807, 2.05) is 6.07 Å². The molecule has 2 rings (SSSR count). The highest BCUT2D eigenvalue weighted by molar-refractivity contribution is 5.96. The third kappa shape index (κ3) is 2.83. The zero-order valence-corrected chi connectivity index (χ0v) is 10.0. The third-order valence-corrected chi connectivity index (χ3v) is 3.27. The summed E-state index contributed by atoms with van der Waals surface area (Å²) >= 11 is 0.